The molecule has 0 N–H and O–H groups in total. The highest BCUT2D eigenvalue weighted by Crippen LogP contribution is 2.36. The van der Waals surface area contributed by atoms with Crippen molar-refractivity contribution in [3.05, 3.63) is 278 Å². The van der Waals surface area contributed by atoms with E-state index < -0.39 is 9.84 Å². The Morgan fingerprint density at radius 1 is 0.422 bits per heavy atom. The lowest BCUT2D eigenvalue weighted by molar-refractivity contribution is -0.121. The summed E-state index contributed by atoms with van der Waals surface area (Å²) in [6, 6.07) is 50.3. The first-order valence-corrected chi connectivity index (χ1v) is 39.3. The molecule has 0 saturated carbocycles. The molecule has 20 nitrogen and oxygen atoms in total. The number of pyridine rings is 1. The predicted octanol–water partition coefficient (Wildman–Crippen LogP) is 14.2. The van der Waals surface area contributed by atoms with E-state index in [1.54, 1.807) is 75.2 Å². The Kier molecular flexibility index (Phi) is 25.7. The summed E-state index contributed by atoms with van der Waals surface area (Å²) in [4.78, 5) is 95.4. The molecule has 0 aliphatic carbocycles. The van der Waals surface area contributed by atoms with Gasteiger partial charge in [0, 0.05) is 91.3 Å². The van der Waals surface area contributed by atoms with Crippen LogP contribution in [0, 0.1) is 62.3 Å². The summed E-state index contributed by atoms with van der Waals surface area (Å²) in [6.45, 7) is 22.0. The van der Waals surface area contributed by atoms with Gasteiger partial charge in [-0.2, -0.15) is 0 Å². The Labute approximate surface area is 646 Å². The van der Waals surface area contributed by atoms with Crippen molar-refractivity contribution in [1.82, 2.24) is 28.8 Å². The second kappa shape index (κ2) is 34.7. The number of anilines is 3. The van der Waals surface area contributed by atoms with Gasteiger partial charge < -0.3 is 38.2 Å². The van der Waals surface area contributed by atoms with E-state index in [2.05, 4.69) is 61.1 Å². The normalized spacial score (nSPS) is 14.9. The number of thioether (sulfide) groups is 1. The maximum absolute atomic E-state index is 11.5. The van der Waals surface area contributed by atoms with Gasteiger partial charge >= 0.3 is 10.6 Å². The summed E-state index contributed by atoms with van der Waals surface area (Å²) in [5, 5.41) is 0. The molecule has 109 heavy (non-hydrogen) atoms. The third kappa shape index (κ3) is 20.0. The molecule has 3 aromatic heterocycles. The molecule has 11 aromatic rings. The summed E-state index contributed by atoms with van der Waals surface area (Å²) in [7, 11) is 11.9. The molecule has 0 atom stereocenters. The average molecular weight is 1530 g/mol. The van der Waals surface area contributed by atoms with E-state index >= 15 is 0 Å². The van der Waals surface area contributed by atoms with E-state index in [0.717, 1.165) is 125 Å². The molecule has 10 heterocycles. The number of likely N-dealkylation sites (N-methyl/N-ethyl adjacent to an activating group) is 2. The van der Waals surface area contributed by atoms with Crippen molar-refractivity contribution in [3.8, 4) is 5.75 Å². The third-order valence-electron chi connectivity index (χ3n) is 19.3. The Morgan fingerprint density at radius 2 is 0.936 bits per heavy atom. The number of hydrogen-bond donors (Lipinski definition) is 0. The van der Waals surface area contributed by atoms with Gasteiger partial charge in [0.25, 0.3) is 17.7 Å². The number of thiazole rings is 1. The van der Waals surface area contributed by atoms with Crippen molar-refractivity contribution in [2.45, 2.75) is 111 Å². The van der Waals surface area contributed by atoms with Crippen molar-refractivity contribution < 1.29 is 41.5 Å². The largest absolute Gasteiger partial charge is 0.482 e. The first-order chi connectivity index (χ1) is 51.6. The fourth-order valence-corrected chi connectivity index (χ4v) is 16.6. The number of aryl methyl sites for hydroxylation is 11. The van der Waals surface area contributed by atoms with Crippen molar-refractivity contribution in [2.75, 3.05) is 69.3 Å². The van der Waals surface area contributed by atoms with Crippen LogP contribution in [0.3, 0.4) is 0 Å². The molecule has 23 heteroatoms. The third-order valence-corrected chi connectivity index (χ3v) is 22.8. The van der Waals surface area contributed by atoms with Crippen LogP contribution >= 0.6 is 23.1 Å². The molecular formula is C86H95N9O11S3. The standard InChI is InChI=1S/C10H11NO2.C10H11NOS.2C10H11NO.C10H13N.C9H10N2O.C9H9NO2.C9H9NOS.C9H10O2S/c1-7-3-4-9-8(5-7)11(2)10(12)6-13-9;1-7-3-4-8-9(5-7)13-6-10(12)11(8)2;1-7-3-4-8-6-11(2)10(12)9(8)5-7;1-7-3-4-8-6-10(12)11(2)9(8)5-7;1-8-3-4-9-6-11(2)7-10(9)5-8;1-6-3-7-8(10-4-6)5-11(2)9(7)12;2*1-6-3-4-8-7(5-6)10(2)9(11)12-8;1-7-2-3-8-5-12(10,11)6-9(8)4-7/h2*3-5H,6H2,1-2H3;2*3-5H,6H2,1-2H3;3-5H,6-7H2,1-2H3;3-4H,5H2,1-2H3;2*3-5H,1-2H3;2-4H,5-6H2,1H3. The minimum Gasteiger partial charge on any atom is -0.482 e. The molecule has 18 rings (SSSR count). The van der Waals surface area contributed by atoms with E-state index in [-0.39, 0.29) is 58.3 Å². The van der Waals surface area contributed by atoms with Gasteiger partial charge in [0.1, 0.15) is 5.75 Å². The van der Waals surface area contributed by atoms with Crippen molar-refractivity contribution in [3.63, 3.8) is 0 Å². The SMILES string of the molecule is Cc1ccc2c(c1)C(=O)N(C)C2.Cc1ccc2c(c1)CN(C)C2.Cc1ccc2c(c1)CS(=O)(=O)C2.Cc1ccc2c(c1)N(C)C(=O)C2.Cc1ccc2c(c1)N(C)C(=O)CO2.Cc1ccc2c(c1)SCC(=O)N2C.Cc1ccc2oc(=O)n(C)c2c1.Cc1ccc2sc(=O)n(C)c2c1.Cc1cnc2c(c1)C(=O)N(C)C2. The Bertz CT molecular complexity index is 5400. The first kappa shape index (κ1) is 80.8. The first-order valence-electron chi connectivity index (χ1n) is 35.7. The highest BCUT2D eigenvalue weighted by molar-refractivity contribution is 8.00. The average Bonchev–Trinajstić information content (AvgIpc) is 1.63. The monoisotopic (exact) mass is 1530 g/mol. The van der Waals surface area contributed by atoms with E-state index in [4.69, 9.17) is 9.15 Å². The number of hydrogen-bond acceptors (Lipinski definition) is 15. The number of rotatable bonds is 0. The summed E-state index contributed by atoms with van der Waals surface area (Å²) in [5.74, 6) is 2.09. The minimum atomic E-state index is -2.82. The number of fused-ring (bicyclic) bond motifs is 9. The van der Waals surface area contributed by atoms with E-state index in [1.165, 1.54) is 54.2 Å². The molecule has 0 bridgehead atoms. The molecule has 568 valence electrons. The number of aromatic nitrogens is 3. The smallest absolute Gasteiger partial charge is 0.419 e. The summed E-state index contributed by atoms with van der Waals surface area (Å²) < 4.78 is 36.9. The zero-order valence-corrected chi connectivity index (χ0v) is 67.6. The van der Waals surface area contributed by atoms with E-state index in [1.807, 2.05) is 191 Å². The maximum Gasteiger partial charge on any atom is 0.419 e. The molecule has 0 unspecified atom stereocenters. The number of carbonyl (C=O) groups is 5. The highest BCUT2D eigenvalue weighted by Gasteiger charge is 2.28. The van der Waals surface area contributed by atoms with E-state index in [0.29, 0.717) is 24.3 Å². The Morgan fingerprint density at radius 3 is 1.64 bits per heavy atom. The van der Waals surface area contributed by atoms with Crippen molar-refractivity contribution in [2.24, 2.45) is 14.1 Å². The Hall–Kier alpha value is -10.7. The predicted molar refractivity (Wildman–Crippen MR) is 437 cm³/mol. The van der Waals surface area contributed by atoms with E-state index in [9.17, 15) is 42.0 Å². The zero-order chi connectivity index (χ0) is 79.0. The van der Waals surface area contributed by atoms with Crippen LogP contribution in [-0.4, -0.2) is 121 Å². The number of nitrogens with zero attached hydrogens (tertiary/aromatic N) is 9. The van der Waals surface area contributed by atoms with Gasteiger partial charge in [-0.1, -0.05) is 113 Å². The van der Waals surface area contributed by atoms with Crippen LogP contribution in [0.25, 0.3) is 21.3 Å². The van der Waals surface area contributed by atoms with Gasteiger partial charge in [0.15, 0.2) is 22.0 Å². The molecule has 0 radical (unpaired) electrons. The van der Waals surface area contributed by atoms with Gasteiger partial charge in [0.05, 0.1) is 68.6 Å². The molecule has 7 aliphatic heterocycles. The van der Waals surface area contributed by atoms with Gasteiger partial charge in [-0.3, -0.25) is 43.2 Å². The molecule has 8 aromatic carbocycles. The van der Waals surface area contributed by atoms with Gasteiger partial charge in [-0.25, -0.2) is 13.2 Å². The zero-order valence-electron chi connectivity index (χ0n) is 65.1. The summed E-state index contributed by atoms with van der Waals surface area (Å²) in [6.07, 6.45) is 2.36. The van der Waals surface area contributed by atoms with Gasteiger partial charge in [-0.15, -0.1) is 11.8 Å². The van der Waals surface area contributed by atoms with Gasteiger partial charge in [-0.05, 0) is 203 Å². The van der Waals surface area contributed by atoms with Crippen LogP contribution < -0.4 is 30.1 Å². The molecule has 0 saturated heterocycles. The second-order valence-electron chi connectivity index (χ2n) is 28.7. The van der Waals surface area contributed by atoms with Crippen LogP contribution in [0.15, 0.2) is 177 Å². The van der Waals surface area contributed by atoms with Crippen molar-refractivity contribution >= 4 is 101 Å². The van der Waals surface area contributed by atoms with Crippen LogP contribution in [0.5, 0.6) is 5.75 Å². The molecule has 0 spiro atoms. The highest BCUT2D eigenvalue weighted by atomic mass is 32.2. The molecular weight excluding hydrogens is 1430 g/mol. The summed E-state index contributed by atoms with van der Waals surface area (Å²) in [5.41, 5.74) is 25.9. The number of sulfone groups is 1. The number of benzene rings is 8. The van der Waals surface area contributed by atoms with Crippen LogP contribution in [0.2, 0.25) is 0 Å². The number of amides is 5. The lowest BCUT2D eigenvalue weighted by Crippen LogP contribution is -2.35. The van der Waals surface area contributed by atoms with Gasteiger partial charge in [0.2, 0.25) is 11.8 Å². The molecule has 7 aliphatic rings. The van der Waals surface area contributed by atoms with Crippen LogP contribution in [-0.2, 0) is 82.4 Å². The second-order valence-corrected chi connectivity index (χ2v) is 32.8. The molecule has 5 amide bonds. The minimum absolute atomic E-state index is 0.00176. The number of oxazole rings is 1. The Balaban J connectivity index is 0.000000131. The number of carbonyl (C=O) groups excluding carboxylic acids is 5. The fraction of sp³-hybridized carbons (Fsp3) is 0.302. The maximum atomic E-state index is 11.5. The number of ether oxygens (including phenoxy) is 1. The van der Waals surface area contributed by atoms with Crippen LogP contribution in [0.4, 0.5) is 17.1 Å². The molecule has 0 fully saturated rings. The summed E-state index contributed by atoms with van der Waals surface area (Å²) >= 11 is 2.92. The fourth-order valence-electron chi connectivity index (χ4n) is 13.0. The lowest BCUT2D eigenvalue weighted by atomic mass is 10.1. The quantitative estimate of drug-likeness (QED) is 0.138. The van der Waals surface area contributed by atoms with Crippen molar-refractivity contribution in [1.29, 1.82) is 0 Å². The van der Waals surface area contributed by atoms with Crippen LogP contribution in [0.1, 0.15) is 110 Å². The lowest BCUT2D eigenvalue weighted by Gasteiger charge is -2.25. The topological polar surface area (TPSA) is 218 Å².